The molecule has 1 heterocycles. The standard InChI is InChI=1S/C20H22N2O/c1-2-19(23)22-12-11-14(13-22)21-20-17-9-5-3-7-15(17)16-8-4-6-10-18(16)20/h3-10,14,20-21H,2,11-13H2,1H3/t14-/m1/s1. The molecule has 0 aromatic heterocycles. The van der Waals surface area contributed by atoms with Crippen LogP contribution < -0.4 is 5.32 Å². The molecule has 2 aliphatic rings. The molecule has 3 nitrogen and oxygen atoms in total. The summed E-state index contributed by atoms with van der Waals surface area (Å²) in [4.78, 5) is 13.9. The molecule has 0 saturated carbocycles. The maximum absolute atomic E-state index is 11.9. The Morgan fingerprint density at radius 1 is 1.09 bits per heavy atom. The van der Waals surface area contributed by atoms with Crippen LogP contribution in [0.1, 0.15) is 36.9 Å². The number of hydrogen-bond donors (Lipinski definition) is 1. The molecule has 1 fully saturated rings. The van der Waals surface area contributed by atoms with E-state index in [2.05, 4.69) is 53.8 Å². The van der Waals surface area contributed by atoms with Crippen LogP contribution in [0.4, 0.5) is 0 Å². The van der Waals surface area contributed by atoms with Gasteiger partial charge in [-0.25, -0.2) is 0 Å². The summed E-state index contributed by atoms with van der Waals surface area (Å²) in [5.74, 6) is 0.265. The van der Waals surface area contributed by atoms with Crippen LogP contribution in [0.5, 0.6) is 0 Å². The number of rotatable bonds is 3. The zero-order valence-corrected chi connectivity index (χ0v) is 13.5. The summed E-state index contributed by atoms with van der Waals surface area (Å²) < 4.78 is 0. The summed E-state index contributed by atoms with van der Waals surface area (Å²) >= 11 is 0. The van der Waals surface area contributed by atoms with Crippen LogP contribution in [0.15, 0.2) is 48.5 Å². The van der Waals surface area contributed by atoms with Gasteiger partial charge >= 0.3 is 0 Å². The van der Waals surface area contributed by atoms with Gasteiger partial charge in [0, 0.05) is 25.6 Å². The second kappa shape index (κ2) is 5.82. The zero-order chi connectivity index (χ0) is 15.8. The highest BCUT2D eigenvalue weighted by Gasteiger charge is 2.32. The van der Waals surface area contributed by atoms with Crippen LogP contribution in [0.2, 0.25) is 0 Å². The van der Waals surface area contributed by atoms with E-state index in [1.165, 1.54) is 22.3 Å². The molecule has 1 atom stereocenters. The first-order chi connectivity index (χ1) is 11.3. The Hall–Kier alpha value is -2.13. The average molecular weight is 306 g/mol. The fourth-order valence-corrected chi connectivity index (χ4v) is 3.92. The van der Waals surface area contributed by atoms with Crippen molar-refractivity contribution in [2.45, 2.75) is 31.8 Å². The zero-order valence-electron chi connectivity index (χ0n) is 13.5. The second-order valence-electron chi connectivity index (χ2n) is 6.45. The molecule has 0 bridgehead atoms. The molecule has 2 aromatic rings. The normalized spacial score (nSPS) is 19.7. The molecule has 1 aliphatic carbocycles. The predicted octanol–water partition coefficient (Wildman–Crippen LogP) is 3.36. The van der Waals surface area contributed by atoms with E-state index < -0.39 is 0 Å². The van der Waals surface area contributed by atoms with Gasteiger partial charge in [0.25, 0.3) is 0 Å². The van der Waals surface area contributed by atoms with Gasteiger partial charge < -0.3 is 10.2 Å². The third-order valence-corrected chi connectivity index (χ3v) is 5.08. The van der Waals surface area contributed by atoms with Crippen LogP contribution in [-0.4, -0.2) is 29.9 Å². The molecule has 1 saturated heterocycles. The smallest absolute Gasteiger partial charge is 0.222 e. The summed E-state index contributed by atoms with van der Waals surface area (Å²) in [5, 5.41) is 3.81. The Bertz CT molecular complexity index is 694. The fourth-order valence-electron chi connectivity index (χ4n) is 3.92. The number of amides is 1. The maximum atomic E-state index is 11.9. The molecule has 4 rings (SSSR count). The van der Waals surface area contributed by atoms with E-state index in [9.17, 15) is 4.79 Å². The minimum Gasteiger partial charge on any atom is -0.341 e. The highest BCUT2D eigenvalue weighted by Crippen LogP contribution is 2.43. The number of fused-ring (bicyclic) bond motifs is 3. The number of nitrogens with one attached hydrogen (secondary N) is 1. The molecule has 3 heteroatoms. The Morgan fingerprint density at radius 2 is 1.70 bits per heavy atom. The minimum atomic E-state index is 0.240. The minimum absolute atomic E-state index is 0.240. The summed E-state index contributed by atoms with van der Waals surface area (Å²) in [6.45, 7) is 3.64. The third-order valence-electron chi connectivity index (χ3n) is 5.08. The topological polar surface area (TPSA) is 32.3 Å². The van der Waals surface area contributed by atoms with E-state index in [0.717, 1.165) is 19.5 Å². The van der Waals surface area contributed by atoms with Gasteiger partial charge in [0.15, 0.2) is 0 Å². The summed E-state index contributed by atoms with van der Waals surface area (Å²) in [6, 6.07) is 17.9. The molecular weight excluding hydrogens is 284 g/mol. The Morgan fingerprint density at radius 3 is 2.30 bits per heavy atom. The fraction of sp³-hybridized carbons (Fsp3) is 0.350. The number of nitrogens with zero attached hydrogens (tertiary/aromatic N) is 1. The number of hydrogen-bond acceptors (Lipinski definition) is 2. The molecule has 0 radical (unpaired) electrons. The van der Waals surface area contributed by atoms with E-state index in [1.807, 2.05) is 11.8 Å². The summed E-state index contributed by atoms with van der Waals surface area (Å²) in [6.07, 6.45) is 1.63. The Balaban J connectivity index is 1.59. The van der Waals surface area contributed by atoms with E-state index in [1.54, 1.807) is 0 Å². The quantitative estimate of drug-likeness (QED) is 0.943. The first-order valence-corrected chi connectivity index (χ1v) is 8.50. The van der Waals surface area contributed by atoms with E-state index in [4.69, 9.17) is 0 Å². The number of likely N-dealkylation sites (tertiary alicyclic amines) is 1. The van der Waals surface area contributed by atoms with Crippen LogP contribution in [0.3, 0.4) is 0 Å². The van der Waals surface area contributed by atoms with Gasteiger partial charge in [-0.3, -0.25) is 4.79 Å². The van der Waals surface area contributed by atoms with Gasteiger partial charge in [0.1, 0.15) is 0 Å². The molecule has 2 aromatic carbocycles. The van der Waals surface area contributed by atoms with Crippen LogP contribution in [0, 0.1) is 0 Å². The van der Waals surface area contributed by atoms with Crippen molar-refractivity contribution in [3.63, 3.8) is 0 Å². The number of carbonyl (C=O) groups is 1. The molecule has 1 N–H and O–H groups in total. The van der Waals surface area contributed by atoms with Crippen LogP contribution in [0.25, 0.3) is 11.1 Å². The lowest BCUT2D eigenvalue weighted by atomic mass is 10.0. The lowest BCUT2D eigenvalue weighted by molar-refractivity contribution is -0.129. The summed E-state index contributed by atoms with van der Waals surface area (Å²) in [7, 11) is 0. The average Bonchev–Trinajstić information content (AvgIpc) is 3.19. The van der Waals surface area contributed by atoms with Gasteiger partial charge in [-0.05, 0) is 28.7 Å². The van der Waals surface area contributed by atoms with Gasteiger partial charge in [0.05, 0.1) is 6.04 Å². The van der Waals surface area contributed by atoms with Crippen molar-refractivity contribution in [1.82, 2.24) is 10.2 Å². The molecule has 0 unspecified atom stereocenters. The van der Waals surface area contributed by atoms with Crippen molar-refractivity contribution in [1.29, 1.82) is 0 Å². The van der Waals surface area contributed by atoms with Crippen LogP contribution in [-0.2, 0) is 4.79 Å². The monoisotopic (exact) mass is 306 g/mol. The van der Waals surface area contributed by atoms with Crippen molar-refractivity contribution in [3.05, 3.63) is 59.7 Å². The van der Waals surface area contributed by atoms with E-state index in [0.29, 0.717) is 12.5 Å². The van der Waals surface area contributed by atoms with Crippen molar-refractivity contribution < 1.29 is 4.79 Å². The summed E-state index contributed by atoms with van der Waals surface area (Å²) in [5.41, 5.74) is 5.38. The number of benzene rings is 2. The lowest BCUT2D eigenvalue weighted by Crippen LogP contribution is -2.36. The Labute approximate surface area is 137 Å². The molecule has 23 heavy (non-hydrogen) atoms. The highest BCUT2D eigenvalue weighted by molar-refractivity contribution is 5.78. The maximum Gasteiger partial charge on any atom is 0.222 e. The highest BCUT2D eigenvalue weighted by atomic mass is 16.2. The molecule has 1 aliphatic heterocycles. The Kier molecular flexibility index (Phi) is 3.66. The molecule has 0 spiro atoms. The van der Waals surface area contributed by atoms with Crippen molar-refractivity contribution in [3.8, 4) is 11.1 Å². The van der Waals surface area contributed by atoms with Crippen LogP contribution >= 0.6 is 0 Å². The predicted molar refractivity (Wildman–Crippen MR) is 92.1 cm³/mol. The number of carbonyl (C=O) groups excluding carboxylic acids is 1. The van der Waals surface area contributed by atoms with Crippen molar-refractivity contribution >= 4 is 5.91 Å². The van der Waals surface area contributed by atoms with Gasteiger partial charge in [-0.15, -0.1) is 0 Å². The molecular formula is C20H22N2O. The third kappa shape index (κ3) is 2.45. The SMILES string of the molecule is CCC(=O)N1CC[C@@H](NC2c3ccccc3-c3ccccc32)C1. The van der Waals surface area contributed by atoms with Gasteiger partial charge in [-0.1, -0.05) is 55.5 Å². The first-order valence-electron chi connectivity index (χ1n) is 8.50. The van der Waals surface area contributed by atoms with Gasteiger partial charge in [-0.2, -0.15) is 0 Å². The largest absolute Gasteiger partial charge is 0.341 e. The lowest BCUT2D eigenvalue weighted by Gasteiger charge is -2.22. The van der Waals surface area contributed by atoms with E-state index >= 15 is 0 Å². The van der Waals surface area contributed by atoms with Gasteiger partial charge in [0.2, 0.25) is 5.91 Å². The molecule has 1 amide bonds. The molecule has 118 valence electrons. The first kappa shape index (κ1) is 14.5. The van der Waals surface area contributed by atoms with E-state index in [-0.39, 0.29) is 11.9 Å². The second-order valence-corrected chi connectivity index (χ2v) is 6.45. The van der Waals surface area contributed by atoms with Crippen molar-refractivity contribution in [2.75, 3.05) is 13.1 Å². The van der Waals surface area contributed by atoms with Crippen molar-refractivity contribution in [2.24, 2.45) is 0 Å².